The largest absolute Gasteiger partial charge is 0.467 e. The maximum absolute atomic E-state index is 14.1. The van der Waals surface area contributed by atoms with Crippen molar-refractivity contribution in [2.75, 3.05) is 0 Å². The summed E-state index contributed by atoms with van der Waals surface area (Å²) in [5.41, 5.74) is 2.11. The fourth-order valence-corrected chi connectivity index (χ4v) is 3.56. The van der Waals surface area contributed by atoms with Crippen molar-refractivity contribution >= 4 is 39.4 Å². The van der Waals surface area contributed by atoms with Crippen LogP contribution in [0.5, 0.6) is 0 Å². The molecule has 1 aliphatic heterocycles. The highest BCUT2D eigenvalue weighted by molar-refractivity contribution is 7.90. The number of carbonyl (C=O) groups is 1. The molecular formula is C17H10B3F2NO5S. The number of hydrogen-bond donors (Lipinski definition) is 1. The van der Waals surface area contributed by atoms with Gasteiger partial charge in [-0.2, -0.15) is 8.42 Å². The van der Waals surface area contributed by atoms with E-state index in [2.05, 4.69) is 0 Å². The first kappa shape index (κ1) is 21.0. The Morgan fingerprint density at radius 3 is 2.31 bits per heavy atom. The predicted molar refractivity (Wildman–Crippen MR) is 101 cm³/mol. The van der Waals surface area contributed by atoms with E-state index >= 15 is 0 Å². The molecule has 0 aromatic heterocycles. The molecule has 0 aliphatic carbocycles. The number of nitrogens with two attached hydrogens (primary N) is 1. The maximum atomic E-state index is 14.1. The molecule has 142 valence electrons. The number of rotatable bonds is 5. The number of Topliss-reactive ketones (excluding diaryl/α,β-unsaturated/α-hetero) is 1. The van der Waals surface area contributed by atoms with Crippen molar-refractivity contribution in [2.24, 2.45) is 5.73 Å². The van der Waals surface area contributed by atoms with Gasteiger partial charge in [0.2, 0.25) is 17.4 Å². The van der Waals surface area contributed by atoms with E-state index in [0.717, 1.165) is 18.2 Å². The molecule has 3 rings (SSSR count). The third-order valence-electron chi connectivity index (χ3n) is 4.22. The fraction of sp³-hybridized carbons (Fsp3) is 0.118. The van der Waals surface area contributed by atoms with Gasteiger partial charge in [-0.05, 0) is 11.6 Å². The van der Waals surface area contributed by atoms with E-state index in [0.29, 0.717) is 0 Å². The second-order valence-electron chi connectivity index (χ2n) is 6.16. The Bertz CT molecular complexity index is 1130. The molecule has 0 spiro atoms. The third kappa shape index (κ3) is 3.31. The van der Waals surface area contributed by atoms with Crippen LogP contribution in [0.15, 0.2) is 60.2 Å². The van der Waals surface area contributed by atoms with Crippen molar-refractivity contribution in [1.29, 1.82) is 0 Å². The van der Waals surface area contributed by atoms with Crippen LogP contribution in [0.1, 0.15) is 11.1 Å². The van der Waals surface area contributed by atoms with Crippen molar-refractivity contribution in [3.8, 4) is 0 Å². The molecule has 0 unspecified atom stereocenters. The van der Waals surface area contributed by atoms with Crippen molar-refractivity contribution in [3.63, 3.8) is 0 Å². The lowest BCUT2D eigenvalue weighted by Gasteiger charge is -2.26. The predicted octanol–water partition coefficient (Wildman–Crippen LogP) is 0.507. The van der Waals surface area contributed by atoms with Gasteiger partial charge >= 0.3 is 10.1 Å². The minimum absolute atomic E-state index is 0.0549. The van der Waals surface area contributed by atoms with E-state index in [1.54, 1.807) is 6.07 Å². The molecule has 1 heterocycles. The summed E-state index contributed by atoms with van der Waals surface area (Å²) in [7, 11) is 12.3. The van der Waals surface area contributed by atoms with Gasteiger partial charge in [-0.3, -0.25) is 4.79 Å². The highest BCUT2D eigenvalue weighted by Crippen LogP contribution is 2.39. The van der Waals surface area contributed by atoms with E-state index < -0.39 is 54.8 Å². The SMILES string of the molecule is [B]C([B])(c1ccccc1)S(=O)(=O)OC1=C(N)O[C@@]([B])(c2cccc(F)c2F)C1=O. The highest BCUT2D eigenvalue weighted by Gasteiger charge is 2.51. The summed E-state index contributed by atoms with van der Waals surface area (Å²) in [6, 6.07) is 10.0. The molecule has 6 nitrogen and oxygen atoms in total. The van der Waals surface area contributed by atoms with Crippen LogP contribution >= 0.6 is 0 Å². The van der Waals surface area contributed by atoms with Gasteiger partial charge < -0.3 is 14.7 Å². The first-order valence-corrected chi connectivity index (χ1v) is 9.37. The van der Waals surface area contributed by atoms with Gasteiger partial charge in [0, 0.05) is 5.56 Å². The van der Waals surface area contributed by atoms with Crippen LogP contribution in [-0.2, 0) is 33.9 Å². The first-order chi connectivity index (χ1) is 13.4. The standard InChI is InChI=1S/C17H10B3F2NO5S/c18-16(10-7-4-8-11(21)12(10)22)14(24)13(15(23)27-16)28-29(25,26)17(19,20)9-5-2-1-3-6-9/h1-8H,23H2/t16-/m0/s1. The van der Waals surface area contributed by atoms with Crippen LogP contribution in [-0.4, -0.2) is 37.7 Å². The Balaban J connectivity index is 1.97. The molecule has 0 fully saturated rings. The number of ether oxygens (including phenoxy) is 1. The molecule has 29 heavy (non-hydrogen) atoms. The zero-order valence-electron chi connectivity index (χ0n) is 14.6. The van der Waals surface area contributed by atoms with Crippen LogP contribution in [0.25, 0.3) is 0 Å². The lowest BCUT2D eigenvalue weighted by Crippen LogP contribution is -2.40. The van der Waals surface area contributed by atoms with Gasteiger partial charge in [0.15, 0.2) is 25.0 Å². The number of halogens is 2. The van der Waals surface area contributed by atoms with E-state index in [1.165, 1.54) is 24.3 Å². The van der Waals surface area contributed by atoms with Gasteiger partial charge in [0.05, 0.1) is 20.2 Å². The molecule has 1 aliphatic rings. The summed E-state index contributed by atoms with van der Waals surface area (Å²) in [4.78, 5) is 12.7. The fourth-order valence-electron chi connectivity index (χ4n) is 2.62. The monoisotopic (exact) mass is 411 g/mol. The molecule has 0 amide bonds. The second kappa shape index (κ2) is 6.94. The van der Waals surface area contributed by atoms with Gasteiger partial charge in [-0.15, -0.1) is 0 Å². The summed E-state index contributed by atoms with van der Waals surface area (Å²) in [5.74, 6) is -6.08. The highest BCUT2D eigenvalue weighted by atomic mass is 32.2. The topological polar surface area (TPSA) is 95.7 Å². The molecule has 0 saturated heterocycles. The minimum atomic E-state index is -4.92. The Morgan fingerprint density at radius 2 is 1.69 bits per heavy atom. The summed E-state index contributed by atoms with van der Waals surface area (Å²) >= 11 is 0. The van der Waals surface area contributed by atoms with E-state index in [-0.39, 0.29) is 5.56 Å². The number of carbonyl (C=O) groups excluding carboxylic acids is 1. The minimum Gasteiger partial charge on any atom is -0.467 e. The average molecular weight is 411 g/mol. The lowest BCUT2D eigenvalue weighted by atomic mass is 9.65. The van der Waals surface area contributed by atoms with Gasteiger partial charge in [-0.1, -0.05) is 42.5 Å². The normalized spacial score (nSPS) is 19.9. The maximum Gasteiger partial charge on any atom is 0.302 e. The Kier molecular flexibility index (Phi) is 5.02. The molecule has 0 bridgehead atoms. The third-order valence-corrected chi connectivity index (χ3v) is 5.67. The molecule has 2 aromatic carbocycles. The summed E-state index contributed by atoms with van der Waals surface area (Å²) in [6.07, 6.45) is 0. The van der Waals surface area contributed by atoms with Crippen molar-refractivity contribution in [3.05, 3.63) is 82.9 Å². The number of ketones is 1. The van der Waals surface area contributed by atoms with Crippen molar-refractivity contribution in [2.45, 2.75) is 10.0 Å². The van der Waals surface area contributed by atoms with Crippen molar-refractivity contribution in [1.82, 2.24) is 0 Å². The number of hydrogen-bond acceptors (Lipinski definition) is 6. The molecule has 1 atom stereocenters. The van der Waals surface area contributed by atoms with Crippen LogP contribution in [0, 0.1) is 11.6 Å². The lowest BCUT2D eigenvalue weighted by molar-refractivity contribution is -0.126. The Morgan fingerprint density at radius 1 is 1.07 bits per heavy atom. The summed E-state index contributed by atoms with van der Waals surface area (Å²) in [5, 5.41) is 0. The molecule has 2 aromatic rings. The molecular weight excluding hydrogens is 401 g/mol. The zero-order chi connectivity index (χ0) is 21.6. The number of benzene rings is 2. The first-order valence-electron chi connectivity index (χ1n) is 7.96. The summed E-state index contributed by atoms with van der Waals surface area (Å²) < 4.78 is 60.0. The van der Waals surface area contributed by atoms with Crippen LogP contribution < -0.4 is 5.73 Å². The van der Waals surface area contributed by atoms with E-state index in [9.17, 15) is 22.0 Å². The Hall–Kier alpha value is -2.75. The van der Waals surface area contributed by atoms with E-state index in [1.807, 2.05) is 0 Å². The Labute approximate surface area is 169 Å². The summed E-state index contributed by atoms with van der Waals surface area (Å²) in [6.45, 7) is 0. The second-order valence-corrected chi connectivity index (χ2v) is 7.91. The van der Waals surface area contributed by atoms with Gasteiger partial charge in [0.25, 0.3) is 0 Å². The van der Waals surface area contributed by atoms with Crippen LogP contribution in [0.3, 0.4) is 0 Å². The van der Waals surface area contributed by atoms with Crippen LogP contribution in [0.4, 0.5) is 8.78 Å². The van der Waals surface area contributed by atoms with Gasteiger partial charge in [0.1, 0.15) is 0 Å². The molecule has 6 radical (unpaired) electrons. The molecule has 0 saturated carbocycles. The molecule has 12 heteroatoms. The van der Waals surface area contributed by atoms with Gasteiger partial charge in [-0.25, -0.2) is 8.78 Å². The zero-order valence-corrected chi connectivity index (χ0v) is 15.5. The smallest absolute Gasteiger partial charge is 0.302 e. The molecule has 2 N–H and O–H groups in total. The average Bonchev–Trinajstić information content (AvgIpc) is 2.88. The van der Waals surface area contributed by atoms with Crippen LogP contribution in [0.2, 0.25) is 0 Å². The quantitative estimate of drug-likeness (QED) is 0.570. The van der Waals surface area contributed by atoms with Crippen molar-refractivity contribution < 1.29 is 30.9 Å². The van der Waals surface area contributed by atoms with E-state index in [4.69, 9.17) is 38.2 Å².